The van der Waals surface area contributed by atoms with Crippen molar-refractivity contribution in [3.63, 3.8) is 0 Å². The van der Waals surface area contributed by atoms with Gasteiger partial charge in [-0.1, -0.05) is 29.7 Å². The van der Waals surface area contributed by atoms with E-state index in [0.29, 0.717) is 22.5 Å². The normalized spacial score (nSPS) is 10.7. The Hall–Kier alpha value is -3.50. The Morgan fingerprint density at radius 2 is 1.24 bits per heavy atom. The van der Waals surface area contributed by atoms with Crippen molar-refractivity contribution in [3.8, 4) is 0 Å². The Bertz CT molecular complexity index is 1220. The van der Waals surface area contributed by atoms with E-state index in [1.54, 1.807) is 12.7 Å². The van der Waals surface area contributed by atoms with Crippen LogP contribution in [0.15, 0.2) is 23.8 Å². The molecule has 4 aromatic rings. The van der Waals surface area contributed by atoms with Gasteiger partial charge in [0.05, 0.1) is 12.7 Å². The number of nitrogens with two attached hydrogens (primary N) is 2. The lowest BCUT2D eigenvalue weighted by molar-refractivity contribution is 0.405. The van der Waals surface area contributed by atoms with Crippen LogP contribution in [0.25, 0.3) is 22.3 Å². The van der Waals surface area contributed by atoms with E-state index in [1.807, 2.05) is 29.9 Å². The van der Waals surface area contributed by atoms with E-state index < -0.39 is 0 Å². The first-order valence-corrected chi connectivity index (χ1v) is 9.07. The van der Waals surface area contributed by atoms with Crippen molar-refractivity contribution in [1.29, 1.82) is 0 Å². The molecule has 0 aromatic carbocycles. The van der Waals surface area contributed by atoms with E-state index >= 15 is 0 Å². The number of nitrogen functional groups attached to an aromatic ring is 2. The summed E-state index contributed by atoms with van der Waals surface area (Å²) in [6, 6.07) is 0. The molecular formula is C22H42N10O. The van der Waals surface area contributed by atoms with E-state index in [1.165, 1.54) is 6.33 Å². The number of fused-ring (bicyclic) bond motifs is 2. The second-order valence-electron chi connectivity index (χ2n) is 8.63. The maximum atomic E-state index is 11.5. The predicted molar refractivity (Wildman–Crippen MR) is 139 cm³/mol. The largest absolute Gasteiger partial charge is 0.382 e. The molecule has 0 aliphatic rings. The van der Waals surface area contributed by atoms with Crippen molar-refractivity contribution in [2.75, 3.05) is 11.5 Å². The number of H-pyrrole nitrogens is 1. The van der Waals surface area contributed by atoms with Gasteiger partial charge in [0, 0.05) is 11.1 Å². The number of aromatic nitrogens is 8. The Labute approximate surface area is 196 Å². The van der Waals surface area contributed by atoms with Gasteiger partial charge in [-0.3, -0.25) is 9.78 Å². The van der Waals surface area contributed by atoms with Gasteiger partial charge in [0.1, 0.15) is 11.8 Å². The minimum Gasteiger partial charge on any atom is -0.382 e. The fourth-order valence-electron chi connectivity index (χ4n) is 2.76. The highest BCUT2D eigenvalue weighted by Crippen LogP contribution is 2.22. The van der Waals surface area contributed by atoms with Crippen LogP contribution in [-0.4, -0.2) is 39.0 Å². The molecule has 11 heteroatoms. The zero-order valence-electron chi connectivity index (χ0n) is 17.4. The van der Waals surface area contributed by atoms with Crippen LogP contribution in [-0.2, 0) is 11.1 Å². The van der Waals surface area contributed by atoms with Crippen LogP contribution in [0.3, 0.4) is 0 Å². The number of hydrogen-bond donors (Lipinski definition) is 3. The third kappa shape index (κ3) is 6.27. The van der Waals surface area contributed by atoms with Crippen LogP contribution < -0.4 is 17.0 Å². The predicted octanol–water partition coefficient (Wildman–Crippen LogP) is 4.16. The third-order valence-corrected chi connectivity index (χ3v) is 4.23. The van der Waals surface area contributed by atoms with Gasteiger partial charge in [0.15, 0.2) is 22.6 Å². The summed E-state index contributed by atoms with van der Waals surface area (Å²) >= 11 is 0. The van der Waals surface area contributed by atoms with Crippen molar-refractivity contribution in [3.05, 3.63) is 29.3 Å². The van der Waals surface area contributed by atoms with Crippen molar-refractivity contribution in [2.24, 2.45) is 0 Å². The lowest BCUT2D eigenvalue weighted by Crippen LogP contribution is -2.22. The van der Waals surface area contributed by atoms with Gasteiger partial charge >= 0.3 is 0 Å². The van der Waals surface area contributed by atoms with Gasteiger partial charge in [-0.25, -0.2) is 19.9 Å². The number of nitrogens with one attached hydrogen (secondary N) is 1. The fourth-order valence-corrected chi connectivity index (χ4v) is 2.76. The minimum absolute atomic E-state index is 0. The van der Waals surface area contributed by atoms with Gasteiger partial charge in [-0.2, -0.15) is 4.98 Å². The molecule has 0 spiro atoms. The molecule has 4 rings (SSSR count). The lowest BCUT2D eigenvalue weighted by atomic mass is 10.1. The first kappa shape index (κ1) is 31.7. The molecule has 4 aromatic heterocycles. The second-order valence-corrected chi connectivity index (χ2v) is 8.63. The SMILES string of the molecule is C.C.C.C.CC(C)(C)n1cnc2c(=O)[nH]c(N)nc21.CC(C)(C)n1cnc2c(N)ncnc21. The molecule has 11 nitrogen and oxygen atoms in total. The molecular weight excluding hydrogens is 420 g/mol. The zero-order valence-corrected chi connectivity index (χ0v) is 17.4. The topological polar surface area (TPSA) is 159 Å². The van der Waals surface area contributed by atoms with Gasteiger partial charge in [-0.05, 0) is 41.5 Å². The van der Waals surface area contributed by atoms with E-state index in [2.05, 4.69) is 50.7 Å². The van der Waals surface area contributed by atoms with E-state index in [4.69, 9.17) is 11.5 Å². The second kappa shape index (κ2) is 10.9. The number of aromatic amines is 1. The van der Waals surface area contributed by atoms with Crippen LogP contribution in [0.5, 0.6) is 0 Å². The van der Waals surface area contributed by atoms with Gasteiger partial charge in [-0.15, -0.1) is 0 Å². The van der Waals surface area contributed by atoms with E-state index in [9.17, 15) is 4.79 Å². The number of anilines is 2. The molecule has 0 saturated carbocycles. The molecule has 0 bridgehead atoms. The molecule has 0 aliphatic heterocycles. The fraction of sp³-hybridized carbons (Fsp3) is 0.545. The summed E-state index contributed by atoms with van der Waals surface area (Å²) in [6.07, 6.45) is 4.81. The Morgan fingerprint density at radius 1 is 0.758 bits per heavy atom. The van der Waals surface area contributed by atoms with Crippen LogP contribution in [0.2, 0.25) is 0 Å². The molecule has 186 valence electrons. The standard InChI is InChI=1S/C9H13N5O.C9H13N5.4CH4/c1-9(2,3)14-4-11-5-6(14)12-8(10)13-7(5)15;1-9(2,3)14-5-13-6-7(10)11-4-12-8(6)14;;;;/h4H,1-3H3,(H3,10,12,13,15);4-5H,1-3H3,(H2,10,11,12);4*1H4. The van der Waals surface area contributed by atoms with Crippen LogP contribution in [0.4, 0.5) is 11.8 Å². The molecule has 4 heterocycles. The monoisotopic (exact) mass is 462 g/mol. The summed E-state index contributed by atoms with van der Waals surface area (Å²) in [4.78, 5) is 34.3. The summed E-state index contributed by atoms with van der Waals surface area (Å²) < 4.78 is 3.81. The van der Waals surface area contributed by atoms with Crippen molar-refractivity contribution >= 4 is 34.1 Å². The molecule has 33 heavy (non-hydrogen) atoms. The molecule has 5 N–H and O–H groups in total. The summed E-state index contributed by atoms with van der Waals surface area (Å²) in [6.45, 7) is 12.3. The van der Waals surface area contributed by atoms with Crippen LogP contribution >= 0.6 is 0 Å². The van der Waals surface area contributed by atoms with E-state index in [-0.39, 0.29) is 52.3 Å². The highest BCUT2D eigenvalue weighted by molar-refractivity contribution is 5.81. The smallest absolute Gasteiger partial charge is 0.280 e. The van der Waals surface area contributed by atoms with Crippen molar-refractivity contribution < 1.29 is 0 Å². The summed E-state index contributed by atoms with van der Waals surface area (Å²) in [5, 5.41) is 0. The summed E-state index contributed by atoms with van der Waals surface area (Å²) in [5.74, 6) is 0.538. The molecule has 0 amide bonds. The lowest BCUT2D eigenvalue weighted by Gasteiger charge is -2.20. The van der Waals surface area contributed by atoms with Crippen LogP contribution in [0.1, 0.15) is 71.2 Å². The molecule has 0 radical (unpaired) electrons. The Morgan fingerprint density at radius 3 is 1.76 bits per heavy atom. The molecule has 0 saturated heterocycles. The number of nitrogens with zero attached hydrogens (tertiary/aromatic N) is 7. The quantitative estimate of drug-likeness (QED) is 0.351. The number of imidazole rings is 2. The average Bonchev–Trinajstić information content (AvgIpc) is 3.19. The Kier molecular flexibility index (Phi) is 10.5. The van der Waals surface area contributed by atoms with Crippen molar-refractivity contribution in [2.45, 2.75) is 82.3 Å². The summed E-state index contributed by atoms with van der Waals surface area (Å²) in [7, 11) is 0. The minimum atomic E-state index is -0.305. The maximum absolute atomic E-state index is 11.5. The molecule has 0 atom stereocenters. The summed E-state index contributed by atoms with van der Waals surface area (Å²) in [5.41, 5.74) is 12.9. The van der Waals surface area contributed by atoms with Crippen LogP contribution in [0, 0.1) is 0 Å². The average molecular weight is 463 g/mol. The maximum Gasteiger partial charge on any atom is 0.280 e. The number of rotatable bonds is 0. The molecule has 0 aliphatic carbocycles. The Balaban J connectivity index is 0. The van der Waals surface area contributed by atoms with Crippen molar-refractivity contribution in [1.82, 2.24) is 39.0 Å². The van der Waals surface area contributed by atoms with Gasteiger partial charge in [0.25, 0.3) is 5.56 Å². The number of hydrogen-bond acceptors (Lipinski definition) is 8. The molecule has 0 unspecified atom stereocenters. The van der Waals surface area contributed by atoms with Gasteiger partial charge in [0.2, 0.25) is 5.95 Å². The van der Waals surface area contributed by atoms with Gasteiger partial charge < -0.3 is 20.6 Å². The highest BCUT2D eigenvalue weighted by Gasteiger charge is 2.19. The first-order valence-electron chi connectivity index (χ1n) is 9.07. The molecule has 0 fully saturated rings. The zero-order chi connectivity index (χ0) is 21.6. The van der Waals surface area contributed by atoms with E-state index in [0.717, 1.165) is 5.65 Å². The highest BCUT2D eigenvalue weighted by atomic mass is 16.1. The first-order chi connectivity index (χ1) is 13.4. The third-order valence-electron chi connectivity index (χ3n) is 4.23.